The van der Waals surface area contributed by atoms with E-state index in [0.29, 0.717) is 19.3 Å². The molecule has 0 N–H and O–H groups in total. The van der Waals surface area contributed by atoms with Crippen molar-refractivity contribution in [2.75, 3.05) is 13.2 Å². The van der Waals surface area contributed by atoms with Gasteiger partial charge in [-0.15, -0.1) is 0 Å². The lowest BCUT2D eigenvalue weighted by molar-refractivity contribution is -0.167. The Morgan fingerprint density at radius 3 is 0.776 bits per heavy atom. The Labute approximate surface area is 417 Å². The molecule has 0 aromatic heterocycles. The predicted octanol–water partition coefficient (Wildman–Crippen LogP) is 19.9. The molecule has 6 heteroatoms. The molecule has 394 valence electrons. The van der Waals surface area contributed by atoms with Gasteiger partial charge in [0.1, 0.15) is 13.2 Å². The molecule has 0 aliphatic rings. The van der Waals surface area contributed by atoms with Crippen LogP contribution in [0, 0.1) is 0 Å². The van der Waals surface area contributed by atoms with Gasteiger partial charge in [-0.25, -0.2) is 0 Å². The molecule has 0 heterocycles. The highest BCUT2D eigenvalue weighted by Gasteiger charge is 2.19. The van der Waals surface area contributed by atoms with Crippen LogP contribution in [-0.2, 0) is 28.6 Å². The molecule has 0 bridgehead atoms. The van der Waals surface area contributed by atoms with Crippen LogP contribution in [0.1, 0.15) is 329 Å². The molecule has 0 aromatic carbocycles. The van der Waals surface area contributed by atoms with E-state index in [1.807, 2.05) is 0 Å². The van der Waals surface area contributed by atoms with Crippen LogP contribution in [0.2, 0.25) is 0 Å². The van der Waals surface area contributed by atoms with Crippen molar-refractivity contribution < 1.29 is 28.6 Å². The Balaban J connectivity index is 4.01. The average molecular weight is 944 g/mol. The Hall–Kier alpha value is -2.11. The Kier molecular flexibility index (Phi) is 54.7. The molecule has 0 aromatic rings. The van der Waals surface area contributed by atoms with E-state index >= 15 is 0 Å². The lowest BCUT2D eigenvalue weighted by Gasteiger charge is -2.18. The van der Waals surface area contributed by atoms with E-state index in [1.165, 1.54) is 225 Å². The standard InChI is InChI=1S/C61H114O6/c1-4-7-10-13-16-19-21-23-24-25-26-27-28-29-30-31-32-33-34-35-36-37-38-39-41-42-45-48-51-54-60(63)66-57-58(56-65-59(62)53-50-47-44-18-15-12-9-6-3)67-61(64)55-52-49-46-43-40-22-20-17-14-11-8-5-2/h17,20,25-26,58H,4-16,18-19,21-24,27-57H2,1-3H3/b20-17-,26-25-. The molecular weight excluding hydrogens is 829 g/mol. The third kappa shape index (κ3) is 54.7. The number of hydrogen-bond donors (Lipinski definition) is 0. The van der Waals surface area contributed by atoms with Crippen LogP contribution in [-0.4, -0.2) is 37.2 Å². The van der Waals surface area contributed by atoms with Crippen molar-refractivity contribution in [3.8, 4) is 0 Å². The van der Waals surface area contributed by atoms with Gasteiger partial charge in [-0.2, -0.15) is 0 Å². The maximum atomic E-state index is 12.8. The summed E-state index contributed by atoms with van der Waals surface area (Å²) in [7, 11) is 0. The molecule has 6 nitrogen and oxygen atoms in total. The first-order valence-corrected chi connectivity index (χ1v) is 29.8. The third-order valence-corrected chi connectivity index (χ3v) is 13.4. The van der Waals surface area contributed by atoms with Crippen LogP contribution >= 0.6 is 0 Å². The fourth-order valence-corrected chi connectivity index (χ4v) is 8.91. The lowest BCUT2D eigenvalue weighted by atomic mass is 10.0. The van der Waals surface area contributed by atoms with Crippen molar-refractivity contribution in [1.82, 2.24) is 0 Å². The Morgan fingerprint density at radius 2 is 0.493 bits per heavy atom. The van der Waals surface area contributed by atoms with Crippen molar-refractivity contribution in [3.63, 3.8) is 0 Å². The first-order valence-electron chi connectivity index (χ1n) is 29.8. The number of rotatable bonds is 55. The Bertz CT molecular complexity index is 1080. The first kappa shape index (κ1) is 64.9. The first-order chi connectivity index (χ1) is 33.0. The van der Waals surface area contributed by atoms with Crippen molar-refractivity contribution in [3.05, 3.63) is 24.3 Å². The predicted molar refractivity (Wildman–Crippen MR) is 289 cm³/mol. The highest BCUT2D eigenvalue weighted by molar-refractivity contribution is 5.71. The molecule has 0 saturated heterocycles. The molecule has 0 aliphatic carbocycles. The molecule has 0 amide bonds. The number of unbranched alkanes of at least 4 members (excludes halogenated alkanes) is 40. The minimum absolute atomic E-state index is 0.0701. The summed E-state index contributed by atoms with van der Waals surface area (Å²) in [5.41, 5.74) is 0. The van der Waals surface area contributed by atoms with Gasteiger partial charge in [0.25, 0.3) is 0 Å². The molecule has 1 unspecified atom stereocenters. The van der Waals surface area contributed by atoms with Gasteiger partial charge in [0.2, 0.25) is 0 Å². The van der Waals surface area contributed by atoms with Gasteiger partial charge in [-0.3, -0.25) is 14.4 Å². The number of allylic oxidation sites excluding steroid dienone is 4. The van der Waals surface area contributed by atoms with Crippen LogP contribution < -0.4 is 0 Å². The minimum atomic E-state index is -0.769. The molecule has 0 saturated carbocycles. The number of esters is 3. The van der Waals surface area contributed by atoms with Crippen molar-refractivity contribution in [2.45, 2.75) is 335 Å². The van der Waals surface area contributed by atoms with Crippen LogP contribution in [0.3, 0.4) is 0 Å². The van der Waals surface area contributed by atoms with Crippen molar-refractivity contribution in [1.29, 1.82) is 0 Å². The van der Waals surface area contributed by atoms with Crippen LogP contribution in [0.15, 0.2) is 24.3 Å². The summed E-state index contributed by atoms with van der Waals surface area (Å²) in [6.07, 6.45) is 66.4. The zero-order chi connectivity index (χ0) is 48.6. The second-order valence-electron chi connectivity index (χ2n) is 20.3. The minimum Gasteiger partial charge on any atom is -0.462 e. The number of hydrogen-bond acceptors (Lipinski definition) is 6. The molecule has 0 rings (SSSR count). The van der Waals surface area contributed by atoms with Gasteiger partial charge >= 0.3 is 17.9 Å². The van der Waals surface area contributed by atoms with E-state index in [9.17, 15) is 14.4 Å². The lowest BCUT2D eigenvalue weighted by Crippen LogP contribution is -2.30. The highest BCUT2D eigenvalue weighted by Crippen LogP contribution is 2.17. The highest BCUT2D eigenvalue weighted by atomic mass is 16.6. The van der Waals surface area contributed by atoms with Gasteiger partial charge < -0.3 is 14.2 Å². The van der Waals surface area contributed by atoms with E-state index < -0.39 is 6.10 Å². The topological polar surface area (TPSA) is 78.9 Å². The molecule has 1 atom stereocenters. The van der Waals surface area contributed by atoms with Gasteiger partial charge in [0, 0.05) is 19.3 Å². The van der Waals surface area contributed by atoms with Crippen molar-refractivity contribution >= 4 is 17.9 Å². The van der Waals surface area contributed by atoms with Crippen LogP contribution in [0.25, 0.3) is 0 Å². The van der Waals surface area contributed by atoms with E-state index in [0.717, 1.165) is 64.2 Å². The second kappa shape index (κ2) is 56.5. The van der Waals surface area contributed by atoms with E-state index in [1.54, 1.807) is 0 Å². The zero-order valence-corrected chi connectivity index (χ0v) is 45.2. The molecular formula is C61H114O6. The molecule has 67 heavy (non-hydrogen) atoms. The van der Waals surface area contributed by atoms with Gasteiger partial charge in [0.05, 0.1) is 0 Å². The molecule has 0 fully saturated rings. The summed E-state index contributed by atoms with van der Waals surface area (Å²) in [5.74, 6) is -0.867. The van der Waals surface area contributed by atoms with Crippen LogP contribution in [0.5, 0.6) is 0 Å². The quantitative estimate of drug-likeness (QED) is 0.0262. The summed E-state index contributed by atoms with van der Waals surface area (Å²) < 4.78 is 16.8. The largest absolute Gasteiger partial charge is 0.462 e. The fourth-order valence-electron chi connectivity index (χ4n) is 8.91. The Morgan fingerprint density at radius 1 is 0.284 bits per heavy atom. The van der Waals surface area contributed by atoms with Crippen molar-refractivity contribution in [2.24, 2.45) is 0 Å². The van der Waals surface area contributed by atoms with E-state index in [-0.39, 0.29) is 31.1 Å². The zero-order valence-electron chi connectivity index (χ0n) is 45.2. The van der Waals surface area contributed by atoms with Gasteiger partial charge in [-0.1, -0.05) is 263 Å². The normalized spacial score (nSPS) is 12.1. The number of ether oxygens (including phenoxy) is 3. The fraction of sp³-hybridized carbons (Fsp3) is 0.885. The summed E-state index contributed by atoms with van der Waals surface area (Å²) in [6.45, 7) is 6.62. The maximum absolute atomic E-state index is 12.8. The monoisotopic (exact) mass is 943 g/mol. The number of carbonyl (C=O) groups excluding carboxylic acids is 3. The average Bonchev–Trinajstić information content (AvgIpc) is 3.33. The maximum Gasteiger partial charge on any atom is 0.306 e. The smallest absolute Gasteiger partial charge is 0.306 e. The summed E-state index contributed by atoms with van der Waals surface area (Å²) in [6, 6.07) is 0. The molecule has 0 spiro atoms. The van der Waals surface area contributed by atoms with Gasteiger partial charge in [-0.05, 0) is 70.6 Å². The molecule has 0 aliphatic heterocycles. The second-order valence-corrected chi connectivity index (χ2v) is 20.3. The third-order valence-electron chi connectivity index (χ3n) is 13.4. The van der Waals surface area contributed by atoms with Gasteiger partial charge in [0.15, 0.2) is 6.10 Å². The summed E-state index contributed by atoms with van der Waals surface area (Å²) in [5, 5.41) is 0. The molecule has 0 radical (unpaired) electrons. The summed E-state index contributed by atoms with van der Waals surface area (Å²) in [4.78, 5) is 37.9. The van der Waals surface area contributed by atoms with E-state index in [4.69, 9.17) is 14.2 Å². The van der Waals surface area contributed by atoms with Crippen LogP contribution in [0.4, 0.5) is 0 Å². The van der Waals surface area contributed by atoms with E-state index in [2.05, 4.69) is 45.1 Å². The summed E-state index contributed by atoms with van der Waals surface area (Å²) >= 11 is 0. The SMILES string of the molecule is CCCCC/C=C\CCCCCCCC(=O)OC(COC(=O)CCCCCCCCCC)COC(=O)CCCCCCCCCCCCCCCCCCC/C=C\CCCCCCCCCC. The number of carbonyl (C=O) groups is 3.